The lowest BCUT2D eigenvalue weighted by Gasteiger charge is -2.13. The van der Waals surface area contributed by atoms with Crippen molar-refractivity contribution in [3.63, 3.8) is 0 Å². The van der Waals surface area contributed by atoms with Crippen molar-refractivity contribution in [3.8, 4) is 11.8 Å². The maximum absolute atomic E-state index is 12.6. The molecule has 27 heavy (non-hydrogen) atoms. The van der Waals surface area contributed by atoms with Gasteiger partial charge in [-0.25, -0.2) is 0 Å². The molecule has 0 saturated heterocycles. The summed E-state index contributed by atoms with van der Waals surface area (Å²) in [6.45, 7) is 3.89. The summed E-state index contributed by atoms with van der Waals surface area (Å²) in [7, 11) is 1.61. The Morgan fingerprint density at radius 3 is 2.52 bits per heavy atom. The third kappa shape index (κ3) is 3.90. The van der Waals surface area contributed by atoms with E-state index in [1.807, 2.05) is 44.2 Å². The van der Waals surface area contributed by atoms with Crippen molar-refractivity contribution < 1.29 is 14.3 Å². The highest BCUT2D eigenvalue weighted by Gasteiger charge is 2.62. The van der Waals surface area contributed by atoms with Crippen LogP contribution in [0.5, 0.6) is 5.75 Å². The van der Waals surface area contributed by atoms with Crippen LogP contribution in [-0.4, -0.2) is 13.1 Å². The van der Waals surface area contributed by atoms with Crippen LogP contribution in [0, 0.1) is 28.6 Å². The Morgan fingerprint density at radius 1 is 1.22 bits per heavy atom. The zero-order chi connectivity index (χ0) is 19.8. The molecule has 1 aliphatic carbocycles. The minimum absolute atomic E-state index is 0.0987. The fourth-order valence-electron chi connectivity index (χ4n) is 3.47. The molecule has 0 amide bonds. The Balaban J connectivity index is 1.80. The molecular formula is C21H19Cl2NO3. The highest BCUT2D eigenvalue weighted by atomic mass is 35.5. The van der Waals surface area contributed by atoms with Crippen molar-refractivity contribution >= 4 is 39.9 Å². The number of allylic oxidation sites excluding steroid dienone is 1. The van der Waals surface area contributed by atoms with E-state index in [0.29, 0.717) is 5.56 Å². The van der Waals surface area contributed by atoms with Crippen LogP contribution in [0.15, 0.2) is 47.0 Å². The van der Waals surface area contributed by atoms with E-state index in [4.69, 9.17) is 32.7 Å². The summed E-state index contributed by atoms with van der Waals surface area (Å²) in [5, 5.41) is 11.4. The molecular weight excluding hydrogens is 385 g/mol. The average Bonchev–Trinajstić information content (AvgIpc) is 3.17. The number of methoxy groups -OCH3 is 1. The van der Waals surface area contributed by atoms with E-state index in [1.54, 1.807) is 19.3 Å². The summed E-state index contributed by atoms with van der Waals surface area (Å²) in [6, 6.07) is 13.2. The number of esters is 1. The van der Waals surface area contributed by atoms with Crippen LogP contribution < -0.4 is 4.74 Å². The molecule has 2 aromatic carbocycles. The first kappa shape index (κ1) is 19.5. The monoisotopic (exact) mass is 403 g/mol. The fourth-order valence-corrected chi connectivity index (χ4v) is 3.74. The van der Waals surface area contributed by atoms with E-state index in [1.165, 1.54) is 0 Å². The number of nitrogens with zero attached hydrogens (tertiary/aromatic N) is 1. The van der Waals surface area contributed by atoms with Gasteiger partial charge in [-0.3, -0.25) is 4.79 Å². The van der Waals surface area contributed by atoms with Crippen molar-refractivity contribution in [1.82, 2.24) is 0 Å². The lowest BCUT2D eigenvalue weighted by molar-refractivity contribution is -0.149. The summed E-state index contributed by atoms with van der Waals surface area (Å²) in [6.07, 6.45) is 0.677. The summed E-state index contributed by atoms with van der Waals surface area (Å²) in [4.78, 5) is 12.6. The van der Waals surface area contributed by atoms with E-state index >= 15 is 0 Å². The van der Waals surface area contributed by atoms with Crippen molar-refractivity contribution in [2.45, 2.75) is 20.0 Å². The van der Waals surface area contributed by atoms with Gasteiger partial charge in [0.05, 0.1) is 13.0 Å². The Hall–Kier alpha value is -2.22. The molecule has 0 aromatic heterocycles. The normalized spacial score (nSPS) is 21.0. The number of rotatable bonds is 5. The second kappa shape index (κ2) is 7.42. The zero-order valence-corrected chi connectivity index (χ0v) is 16.7. The van der Waals surface area contributed by atoms with Gasteiger partial charge in [0.2, 0.25) is 6.10 Å². The lowest BCUT2D eigenvalue weighted by atomic mass is 10.0. The van der Waals surface area contributed by atoms with Crippen LogP contribution in [0.2, 0.25) is 0 Å². The summed E-state index contributed by atoms with van der Waals surface area (Å²) in [5.41, 5.74) is 0.330. The fraction of sp³-hybridized carbons (Fsp3) is 0.333. The number of hydrogen-bond acceptors (Lipinski definition) is 4. The van der Waals surface area contributed by atoms with Crippen LogP contribution in [0.3, 0.4) is 0 Å². The molecule has 3 atom stereocenters. The van der Waals surface area contributed by atoms with Gasteiger partial charge in [0, 0.05) is 5.56 Å². The molecule has 4 nitrogen and oxygen atoms in total. The number of carbonyl (C=O) groups excluding carboxylic acids is 1. The topological polar surface area (TPSA) is 59.3 Å². The van der Waals surface area contributed by atoms with E-state index in [0.717, 1.165) is 16.5 Å². The minimum Gasteiger partial charge on any atom is -0.497 e. The smallest absolute Gasteiger partial charge is 0.311 e. The molecule has 0 bridgehead atoms. The average molecular weight is 404 g/mol. The highest BCUT2D eigenvalue weighted by Crippen LogP contribution is 2.60. The van der Waals surface area contributed by atoms with Gasteiger partial charge in [-0.2, -0.15) is 5.26 Å². The van der Waals surface area contributed by atoms with Crippen molar-refractivity contribution in [1.29, 1.82) is 5.26 Å². The van der Waals surface area contributed by atoms with Gasteiger partial charge in [0.1, 0.15) is 16.3 Å². The minimum atomic E-state index is -0.975. The number of carbonyl (C=O) groups is 1. The molecule has 1 aliphatic rings. The summed E-state index contributed by atoms with van der Waals surface area (Å²) >= 11 is 11.5. The molecule has 0 aliphatic heterocycles. The molecule has 0 radical (unpaired) electrons. The second-order valence-electron chi connectivity index (χ2n) is 7.20. The third-order valence-electron chi connectivity index (χ3n) is 5.20. The molecule has 140 valence electrons. The Kier molecular flexibility index (Phi) is 5.37. The summed E-state index contributed by atoms with van der Waals surface area (Å²) in [5.74, 6) is -0.132. The van der Waals surface area contributed by atoms with Crippen LogP contribution >= 0.6 is 23.2 Å². The lowest BCUT2D eigenvalue weighted by Crippen LogP contribution is -2.14. The van der Waals surface area contributed by atoms with E-state index < -0.39 is 12.1 Å². The van der Waals surface area contributed by atoms with Crippen LogP contribution in [0.4, 0.5) is 0 Å². The van der Waals surface area contributed by atoms with Gasteiger partial charge in [-0.15, -0.1) is 0 Å². The quantitative estimate of drug-likeness (QED) is 0.614. The number of ether oxygens (including phenoxy) is 2. The number of hydrogen-bond donors (Lipinski definition) is 0. The Morgan fingerprint density at radius 2 is 1.89 bits per heavy atom. The molecule has 1 saturated carbocycles. The maximum atomic E-state index is 12.6. The largest absolute Gasteiger partial charge is 0.497 e. The maximum Gasteiger partial charge on any atom is 0.311 e. The van der Waals surface area contributed by atoms with Crippen LogP contribution in [-0.2, 0) is 9.53 Å². The number of nitriles is 1. The van der Waals surface area contributed by atoms with E-state index in [-0.39, 0.29) is 21.7 Å². The predicted molar refractivity (Wildman–Crippen MR) is 105 cm³/mol. The number of fused-ring (bicyclic) bond motifs is 1. The molecule has 0 spiro atoms. The first-order chi connectivity index (χ1) is 12.8. The third-order valence-corrected chi connectivity index (χ3v) is 5.45. The second-order valence-corrected chi connectivity index (χ2v) is 8.21. The number of benzene rings is 2. The van der Waals surface area contributed by atoms with Crippen molar-refractivity contribution in [2.24, 2.45) is 17.3 Å². The Bertz CT molecular complexity index is 958. The predicted octanol–water partition coefficient (Wildman–Crippen LogP) is 5.55. The van der Waals surface area contributed by atoms with Crippen LogP contribution in [0.25, 0.3) is 10.8 Å². The van der Waals surface area contributed by atoms with Gasteiger partial charge >= 0.3 is 5.97 Å². The molecule has 0 unspecified atom stereocenters. The first-order valence-corrected chi connectivity index (χ1v) is 9.24. The highest BCUT2D eigenvalue weighted by molar-refractivity contribution is 6.55. The van der Waals surface area contributed by atoms with Gasteiger partial charge in [0.25, 0.3) is 0 Å². The molecule has 1 fully saturated rings. The SMILES string of the molecule is COc1ccc2cc([C@H](C#N)OC(=O)[C@H]3[C@@H](C=C(Cl)Cl)C3(C)C)ccc2c1. The van der Waals surface area contributed by atoms with Crippen molar-refractivity contribution in [3.05, 3.63) is 52.5 Å². The Labute approximate surface area is 168 Å². The summed E-state index contributed by atoms with van der Waals surface area (Å²) < 4.78 is 10.9. The molecule has 2 aromatic rings. The van der Waals surface area contributed by atoms with Gasteiger partial charge in [-0.1, -0.05) is 55.2 Å². The van der Waals surface area contributed by atoms with Crippen LogP contribution in [0.1, 0.15) is 25.5 Å². The molecule has 6 heteroatoms. The molecule has 0 heterocycles. The zero-order valence-electron chi connectivity index (χ0n) is 15.2. The van der Waals surface area contributed by atoms with Gasteiger partial charge < -0.3 is 9.47 Å². The van der Waals surface area contributed by atoms with Crippen molar-refractivity contribution in [2.75, 3.05) is 7.11 Å². The molecule has 0 N–H and O–H groups in total. The number of halogens is 2. The van der Waals surface area contributed by atoms with Gasteiger partial charge in [-0.05, 0) is 46.4 Å². The van der Waals surface area contributed by atoms with E-state index in [2.05, 4.69) is 6.07 Å². The molecule has 3 rings (SSSR count). The van der Waals surface area contributed by atoms with Gasteiger partial charge in [0.15, 0.2) is 0 Å². The van der Waals surface area contributed by atoms with E-state index in [9.17, 15) is 10.1 Å². The standard InChI is InChI=1S/C21H19Cl2NO3/c1-21(2)16(10-18(22)23)19(21)20(25)27-17(11-24)14-5-4-13-9-15(26-3)7-6-12(13)8-14/h4-10,16-17,19H,1-3H3/t16-,17+,19-/m1/s1. The first-order valence-electron chi connectivity index (χ1n) is 8.48.